The number of hydrogen-bond acceptors (Lipinski definition) is 5. The van der Waals surface area contributed by atoms with Crippen molar-refractivity contribution in [3.8, 4) is 17.2 Å². The normalized spacial score (nSPS) is 11.3. The van der Waals surface area contributed by atoms with Crippen LogP contribution in [0.2, 0.25) is 0 Å². The van der Waals surface area contributed by atoms with Crippen LogP contribution in [0.15, 0.2) is 48.5 Å². The predicted octanol–water partition coefficient (Wildman–Crippen LogP) is 2.64. The molecule has 1 N–H and O–H groups in total. The Bertz CT molecular complexity index is 788. The van der Waals surface area contributed by atoms with Crippen LogP contribution >= 0.6 is 0 Å². The van der Waals surface area contributed by atoms with Crippen LogP contribution in [0.3, 0.4) is 0 Å². The first-order valence-corrected chi connectivity index (χ1v) is 9.43. The fraction of sp³-hybridized carbons (Fsp3) is 0.364. The first-order chi connectivity index (χ1) is 14.0. The van der Waals surface area contributed by atoms with E-state index in [9.17, 15) is 9.59 Å². The zero-order valence-electron chi connectivity index (χ0n) is 17.3. The van der Waals surface area contributed by atoms with Crippen LogP contribution in [0.25, 0.3) is 0 Å². The zero-order chi connectivity index (χ0) is 21.2. The van der Waals surface area contributed by atoms with Crippen molar-refractivity contribution in [3.63, 3.8) is 0 Å². The highest BCUT2D eigenvalue weighted by Gasteiger charge is 2.28. The molecule has 0 saturated heterocycles. The SMILES string of the molecule is CCC(C(=O)NC)N(Cc1ccccc1)C(=O)COc1cc(OC)cc(OC)c1. The van der Waals surface area contributed by atoms with E-state index in [2.05, 4.69) is 5.32 Å². The number of ether oxygens (including phenoxy) is 3. The first kappa shape index (κ1) is 22.1. The van der Waals surface area contributed by atoms with Crippen molar-refractivity contribution in [1.82, 2.24) is 10.2 Å². The fourth-order valence-corrected chi connectivity index (χ4v) is 2.96. The minimum absolute atomic E-state index is 0.208. The summed E-state index contributed by atoms with van der Waals surface area (Å²) in [5, 5.41) is 2.63. The molecule has 2 aromatic rings. The van der Waals surface area contributed by atoms with Gasteiger partial charge in [-0.2, -0.15) is 0 Å². The van der Waals surface area contributed by atoms with Gasteiger partial charge in [0.2, 0.25) is 5.91 Å². The average molecular weight is 400 g/mol. The first-order valence-electron chi connectivity index (χ1n) is 9.43. The van der Waals surface area contributed by atoms with Crippen molar-refractivity contribution in [2.75, 3.05) is 27.9 Å². The van der Waals surface area contributed by atoms with Crippen molar-refractivity contribution in [3.05, 3.63) is 54.1 Å². The van der Waals surface area contributed by atoms with Gasteiger partial charge >= 0.3 is 0 Å². The van der Waals surface area contributed by atoms with Crippen LogP contribution in [-0.4, -0.2) is 50.6 Å². The number of nitrogens with one attached hydrogen (secondary N) is 1. The van der Waals surface area contributed by atoms with Crippen molar-refractivity contribution in [2.45, 2.75) is 25.9 Å². The molecule has 0 aliphatic rings. The summed E-state index contributed by atoms with van der Waals surface area (Å²) in [6, 6.07) is 14.0. The largest absolute Gasteiger partial charge is 0.496 e. The third kappa shape index (κ3) is 6.14. The van der Waals surface area contributed by atoms with E-state index in [1.54, 1.807) is 44.4 Å². The highest BCUT2D eigenvalue weighted by Crippen LogP contribution is 2.27. The van der Waals surface area contributed by atoms with E-state index < -0.39 is 6.04 Å². The Balaban J connectivity index is 2.19. The number of benzene rings is 2. The molecular weight excluding hydrogens is 372 g/mol. The molecule has 7 heteroatoms. The Labute approximate surface area is 171 Å². The van der Waals surface area contributed by atoms with Gasteiger partial charge in [0.1, 0.15) is 23.3 Å². The lowest BCUT2D eigenvalue weighted by Gasteiger charge is -2.30. The Hall–Kier alpha value is -3.22. The predicted molar refractivity (Wildman–Crippen MR) is 110 cm³/mol. The number of amides is 2. The number of likely N-dealkylation sites (N-methyl/N-ethyl adjacent to an activating group) is 1. The molecule has 2 rings (SSSR count). The highest BCUT2D eigenvalue weighted by atomic mass is 16.5. The average Bonchev–Trinajstić information content (AvgIpc) is 2.77. The lowest BCUT2D eigenvalue weighted by atomic mass is 10.1. The third-order valence-electron chi connectivity index (χ3n) is 4.52. The number of carbonyl (C=O) groups excluding carboxylic acids is 2. The Morgan fingerprint density at radius 1 is 1.00 bits per heavy atom. The number of hydrogen-bond donors (Lipinski definition) is 1. The minimum Gasteiger partial charge on any atom is -0.496 e. The molecule has 0 heterocycles. The second-order valence-corrected chi connectivity index (χ2v) is 6.38. The van der Waals surface area contributed by atoms with E-state index in [0.717, 1.165) is 5.56 Å². The Morgan fingerprint density at radius 3 is 2.10 bits per heavy atom. The Morgan fingerprint density at radius 2 is 1.59 bits per heavy atom. The van der Waals surface area contributed by atoms with Crippen molar-refractivity contribution in [2.24, 2.45) is 0 Å². The molecule has 0 spiro atoms. The van der Waals surface area contributed by atoms with Crippen LogP contribution in [0.4, 0.5) is 0 Å². The lowest BCUT2D eigenvalue weighted by Crippen LogP contribution is -2.49. The molecule has 0 radical (unpaired) electrons. The highest BCUT2D eigenvalue weighted by molar-refractivity contribution is 5.88. The van der Waals surface area contributed by atoms with Crippen molar-refractivity contribution in [1.29, 1.82) is 0 Å². The van der Waals surface area contributed by atoms with Gasteiger partial charge in [-0.25, -0.2) is 0 Å². The maximum absolute atomic E-state index is 13.0. The zero-order valence-corrected chi connectivity index (χ0v) is 17.3. The maximum atomic E-state index is 13.0. The van der Waals surface area contributed by atoms with Crippen LogP contribution in [-0.2, 0) is 16.1 Å². The molecule has 0 aliphatic heterocycles. The van der Waals surface area contributed by atoms with Crippen LogP contribution in [0.1, 0.15) is 18.9 Å². The molecule has 156 valence electrons. The second-order valence-electron chi connectivity index (χ2n) is 6.38. The van der Waals surface area contributed by atoms with E-state index in [1.807, 2.05) is 37.3 Å². The van der Waals surface area contributed by atoms with Crippen LogP contribution < -0.4 is 19.5 Å². The van der Waals surface area contributed by atoms with Gasteiger partial charge in [-0.05, 0) is 12.0 Å². The summed E-state index contributed by atoms with van der Waals surface area (Å²) in [4.78, 5) is 26.9. The molecule has 1 atom stereocenters. The summed E-state index contributed by atoms with van der Waals surface area (Å²) in [6.07, 6.45) is 0.491. The minimum atomic E-state index is -0.587. The van der Waals surface area contributed by atoms with Crippen LogP contribution in [0, 0.1) is 0 Å². The second kappa shape index (κ2) is 10.9. The number of rotatable bonds is 10. The molecule has 7 nitrogen and oxygen atoms in total. The van der Waals surface area contributed by atoms with Crippen LogP contribution in [0.5, 0.6) is 17.2 Å². The summed E-state index contributed by atoms with van der Waals surface area (Å²) < 4.78 is 16.1. The molecule has 0 saturated carbocycles. The van der Waals surface area contributed by atoms with Gasteiger partial charge in [0.05, 0.1) is 14.2 Å². The van der Waals surface area contributed by atoms with Crippen molar-refractivity contribution < 1.29 is 23.8 Å². The smallest absolute Gasteiger partial charge is 0.261 e. The van der Waals surface area contributed by atoms with Gasteiger partial charge in [-0.1, -0.05) is 37.3 Å². The van der Waals surface area contributed by atoms with Gasteiger partial charge < -0.3 is 24.4 Å². The van der Waals surface area contributed by atoms with Crippen molar-refractivity contribution >= 4 is 11.8 Å². The van der Waals surface area contributed by atoms with Gasteiger partial charge in [-0.15, -0.1) is 0 Å². The molecular formula is C22H28N2O5. The summed E-state index contributed by atoms with van der Waals surface area (Å²) in [7, 11) is 4.65. The van der Waals surface area contributed by atoms with E-state index in [4.69, 9.17) is 14.2 Å². The van der Waals surface area contributed by atoms with E-state index in [-0.39, 0.29) is 18.4 Å². The molecule has 0 bridgehead atoms. The standard InChI is InChI=1S/C22H28N2O5/c1-5-20(22(26)23-2)24(14-16-9-7-6-8-10-16)21(25)15-29-19-12-17(27-3)11-18(13-19)28-4/h6-13,20H,5,14-15H2,1-4H3,(H,23,26). The monoisotopic (exact) mass is 400 g/mol. The molecule has 2 amide bonds. The quantitative estimate of drug-likeness (QED) is 0.663. The molecule has 0 aliphatic carbocycles. The van der Waals surface area contributed by atoms with E-state index >= 15 is 0 Å². The number of methoxy groups -OCH3 is 2. The van der Waals surface area contributed by atoms with E-state index in [1.165, 1.54) is 0 Å². The Kier molecular flexibility index (Phi) is 8.33. The molecule has 29 heavy (non-hydrogen) atoms. The molecule has 0 aromatic heterocycles. The van der Waals surface area contributed by atoms with Gasteiger partial charge in [0.25, 0.3) is 5.91 Å². The number of nitrogens with zero attached hydrogens (tertiary/aromatic N) is 1. The van der Waals surface area contributed by atoms with Gasteiger partial charge in [-0.3, -0.25) is 9.59 Å². The van der Waals surface area contributed by atoms with Gasteiger partial charge in [0, 0.05) is 31.8 Å². The summed E-state index contributed by atoms with van der Waals surface area (Å²) in [5.41, 5.74) is 0.936. The molecule has 0 fully saturated rings. The molecule has 2 aromatic carbocycles. The maximum Gasteiger partial charge on any atom is 0.261 e. The lowest BCUT2D eigenvalue weighted by molar-refractivity contribution is -0.142. The van der Waals surface area contributed by atoms with Gasteiger partial charge in [0.15, 0.2) is 6.61 Å². The third-order valence-corrected chi connectivity index (χ3v) is 4.52. The summed E-state index contributed by atoms with van der Waals surface area (Å²) in [5.74, 6) is 1.07. The number of carbonyl (C=O) groups is 2. The molecule has 1 unspecified atom stereocenters. The topological polar surface area (TPSA) is 77.1 Å². The van der Waals surface area contributed by atoms with E-state index in [0.29, 0.717) is 30.2 Å². The summed E-state index contributed by atoms with van der Waals surface area (Å²) in [6.45, 7) is 1.98. The fourth-order valence-electron chi connectivity index (χ4n) is 2.96. The summed E-state index contributed by atoms with van der Waals surface area (Å²) >= 11 is 0.